The van der Waals surface area contributed by atoms with Crippen LogP contribution >= 0.6 is 0 Å². The van der Waals surface area contributed by atoms with E-state index in [1.807, 2.05) is 121 Å². The van der Waals surface area contributed by atoms with Crippen LogP contribution in [0.15, 0.2) is 153 Å². The molecule has 0 atom stereocenters. The lowest BCUT2D eigenvalue weighted by atomic mass is 10.1. The van der Waals surface area contributed by atoms with Crippen molar-refractivity contribution in [1.82, 2.24) is 18.3 Å². The molecule has 0 spiro atoms. The third kappa shape index (κ3) is 6.75. The Labute approximate surface area is 259 Å². The Kier molecular flexibility index (Phi) is 8.64. The van der Waals surface area contributed by atoms with E-state index in [9.17, 15) is 19.2 Å². The SMILES string of the molecule is O=c1c(Cc2cn(Cc3ccccc3)c(=O)n(Cc3ccccc3)c2=O)cn(Cc2ccccc2)c(=O)n1Cc1ccccc1. The van der Waals surface area contributed by atoms with Crippen LogP contribution in [0.1, 0.15) is 33.4 Å². The van der Waals surface area contributed by atoms with Crippen molar-refractivity contribution in [3.63, 3.8) is 0 Å². The first-order valence-electron chi connectivity index (χ1n) is 14.8. The van der Waals surface area contributed by atoms with E-state index in [-0.39, 0.29) is 43.7 Å². The molecular weight excluding hydrogens is 564 g/mol. The first kappa shape index (κ1) is 29.3. The minimum Gasteiger partial charge on any atom is -0.296 e. The zero-order valence-corrected chi connectivity index (χ0v) is 24.7. The molecule has 0 N–H and O–H groups in total. The van der Waals surface area contributed by atoms with Gasteiger partial charge in [-0.2, -0.15) is 0 Å². The standard InChI is InChI=1S/C37H32N4O4/c42-34-32(26-38(22-28-13-5-1-6-14-28)36(44)40(34)24-30-17-9-3-10-18-30)21-33-27-39(23-29-15-7-2-8-16-29)37(45)41(35(33)43)25-31-19-11-4-12-20-31/h1-20,26-27H,21-25H2. The summed E-state index contributed by atoms with van der Waals surface area (Å²) >= 11 is 0. The maximum absolute atomic E-state index is 13.9. The van der Waals surface area contributed by atoms with E-state index < -0.39 is 22.5 Å². The van der Waals surface area contributed by atoms with Crippen LogP contribution in [0.5, 0.6) is 0 Å². The predicted molar refractivity (Wildman–Crippen MR) is 175 cm³/mol. The Bertz CT molecular complexity index is 1990. The van der Waals surface area contributed by atoms with Gasteiger partial charge in [0, 0.05) is 29.9 Å². The summed E-state index contributed by atoms with van der Waals surface area (Å²) in [6, 6.07) is 37.7. The summed E-state index contributed by atoms with van der Waals surface area (Å²) in [5, 5.41) is 0. The number of hydrogen-bond acceptors (Lipinski definition) is 4. The highest BCUT2D eigenvalue weighted by Gasteiger charge is 2.18. The summed E-state index contributed by atoms with van der Waals surface area (Å²) in [7, 11) is 0. The lowest BCUT2D eigenvalue weighted by Crippen LogP contribution is -2.44. The van der Waals surface area contributed by atoms with Crippen LogP contribution in [0, 0.1) is 0 Å². The molecule has 6 aromatic rings. The highest BCUT2D eigenvalue weighted by atomic mass is 16.2. The van der Waals surface area contributed by atoms with Gasteiger partial charge in [0.05, 0.1) is 26.2 Å². The molecule has 0 unspecified atom stereocenters. The number of benzene rings is 4. The second-order valence-electron chi connectivity index (χ2n) is 11.0. The number of hydrogen-bond donors (Lipinski definition) is 0. The molecule has 2 aromatic heterocycles. The highest BCUT2D eigenvalue weighted by Crippen LogP contribution is 2.08. The molecule has 0 aliphatic heterocycles. The molecule has 6 rings (SSSR count). The van der Waals surface area contributed by atoms with Gasteiger partial charge in [-0.1, -0.05) is 121 Å². The maximum atomic E-state index is 13.9. The predicted octanol–water partition coefficient (Wildman–Crippen LogP) is 4.12. The van der Waals surface area contributed by atoms with Crippen LogP contribution < -0.4 is 22.5 Å². The Morgan fingerprint density at radius 3 is 0.978 bits per heavy atom. The molecule has 8 nitrogen and oxygen atoms in total. The third-order valence-corrected chi connectivity index (χ3v) is 7.76. The Balaban J connectivity index is 1.48. The first-order chi connectivity index (χ1) is 22.0. The van der Waals surface area contributed by atoms with Crippen molar-refractivity contribution in [2.45, 2.75) is 32.6 Å². The molecule has 8 heteroatoms. The molecule has 224 valence electrons. The first-order valence-corrected chi connectivity index (χ1v) is 14.8. The van der Waals surface area contributed by atoms with E-state index in [4.69, 9.17) is 0 Å². The lowest BCUT2D eigenvalue weighted by Gasteiger charge is -2.16. The summed E-state index contributed by atoms with van der Waals surface area (Å²) in [5.74, 6) is 0. The van der Waals surface area contributed by atoms with Crippen LogP contribution in [0.2, 0.25) is 0 Å². The Hall–Kier alpha value is -5.76. The van der Waals surface area contributed by atoms with Gasteiger partial charge < -0.3 is 0 Å². The van der Waals surface area contributed by atoms with Gasteiger partial charge >= 0.3 is 11.4 Å². The number of rotatable bonds is 10. The van der Waals surface area contributed by atoms with E-state index in [0.717, 1.165) is 22.3 Å². The molecule has 0 bridgehead atoms. The molecule has 0 fully saturated rings. The smallest absolute Gasteiger partial charge is 0.296 e. The fourth-order valence-electron chi connectivity index (χ4n) is 5.47. The summed E-state index contributed by atoms with van der Waals surface area (Å²) in [5.41, 5.74) is 2.17. The fraction of sp³-hybridized carbons (Fsp3) is 0.135. The van der Waals surface area contributed by atoms with E-state index >= 15 is 0 Å². The summed E-state index contributed by atoms with van der Waals surface area (Å²) < 4.78 is 5.46. The van der Waals surface area contributed by atoms with Crippen LogP contribution in [0.25, 0.3) is 0 Å². The maximum Gasteiger partial charge on any atom is 0.331 e. The minimum absolute atomic E-state index is 0.0502. The minimum atomic E-state index is -0.469. The van der Waals surface area contributed by atoms with Crippen molar-refractivity contribution in [2.75, 3.05) is 0 Å². The largest absolute Gasteiger partial charge is 0.331 e. The van der Waals surface area contributed by atoms with Crippen molar-refractivity contribution in [3.05, 3.63) is 209 Å². The molecule has 0 aliphatic rings. The lowest BCUT2D eigenvalue weighted by molar-refractivity contribution is 0.591. The zero-order chi connectivity index (χ0) is 31.2. The van der Waals surface area contributed by atoms with Crippen molar-refractivity contribution < 1.29 is 0 Å². The average molecular weight is 597 g/mol. The van der Waals surface area contributed by atoms with E-state index in [1.54, 1.807) is 12.4 Å². The topological polar surface area (TPSA) is 88.0 Å². The van der Waals surface area contributed by atoms with Crippen molar-refractivity contribution in [2.24, 2.45) is 0 Å². The average Bonchev–Trinajstić information content (AvgIpc) is 3.07. The Morgan fingerprint density at radius 1 is 0.378 bits per heavy atom. The second kappa shape index (κ2) is 13.3. The third-order valence-electron chi connectivity index (χ3n) is 7.76. The van der Waals surface area contributed by atoms with Gasteiger partial charge in [0.25, 0.3) is 11.1 Å². The van der Waals surface area contributed by atoms with E-state index in [0.29, 0.717) is 0 Å². The Morgan fingerprint density at radius 2 is 0.667 bits per heavy atom. The molecular formula is C37H32N4O4. The van der Waals surface area contributed by atoms with Crippen LogP contribution in [0.3, 0.4) is 0 Å². The fourth-order valence-corrected chi connectivity index (χ4v) is 5.47. The van der Waals surface area contributed by atoms with Gasteiger partial charge in [-0.25, -0.2) is 9.59 Å². The molecule has 0 saturated heterocycles. The molecule has 45 heavy (non-hydrogen) atoms. The monoisotopic (exact) mass is 596 g/mol. The van der Waals surface area contributed by atoms with Crippen molar-refractivity contribution >= 4 is 0 Å². The van der Waals surface area contributed by atoms with Crippen molar-refractivity contribution in [1.29, 1.82) is 0 Å². The molecule has 0 radical (unpaired) electrons. The van der Waals surface area contributed by atoms with E-state index in [1.165, 1.54) is 18.3 Å². The molecule has 4 aromatic carbocycles. The second-order valence-corrected chi connectivity index (χ2v) is 11.0. The molecule has 0 saturated carbocycles. The van der Waals surface area contributed by atoms with Crippen LogP contribution in [-0.2, 0) is 32.6 Å². The van der Waals surface area contributed by atoms with Gasteiger partial charge in [0.1, 0.15) is 0 Å². The van der Waals surface area contributed by atoms with Gasteiger partial charge in [-0.3, -0.25) is 27.9 Å². The summed E-state index contributed by atoms with van der Waals surface area (Å²) in [6.45, 7) is 0.695. The van der Waals surface area contributed by atoms with Gasteiger partial charge in [-0.15, -0.1) is 0 Å². The van der Waals surface area contributed by atoms with E-state index in [2.05, 4.69) is 0 Å². The quantitative estimate of drug-likeness (QED) is 0.238. The molecule has 2 heterocycles. The van der Waals surface area contributed by atoms with Gasteiger partial charge in [-0.05, 0) is 22.3 Å². The summed E-state index contributed by atoms with van der Waals surface area (Å²) in [6.07, 6.45) is 3.05. The van der Waals surface area contributed by atoms with Crippen LogP contribution in [0.4, 0.5) is 0 Å². The number of nitrogens with zero attached hydrogens (tertiary/aromatic N) is 4. The molecule has 0 aliphatic carbocycles. The van der Waals surface area contributed by atoms with Gasteiger partial charge in [0.2, 0.25) is 0 Å². The zero-order valence-electron chi connectivity index (χ0n) is 24.7. The summed E-state index contributed by atoms with van der Waals surface area (Å²) in [4.78, 5) is 55.1. The van der Waals surface area contributed by atoms with Gasteiger partial charge in [0.15, 0.2) is 0 Å². The van der Waals surface area contributed by atoms with Crippen molar-refractivity contribution in [3.8, 4) is 0 Å². The molecule has 0 amide bonds. The van der Waals surface area contributed by atoms with Crippen LogP contribution in [-0.4, -0.2) is 18.3 Å². The highest BCUT2D eigenvalue weighted by molar-refractivity contribution is 5.24. The number of aromatic nitrogens is 4. The normalized spacial score (nSPS) is 11.0.